The molecule has 0 aliphatic carbocycles. The molecule has 8 heteroatoms. The molecule has 1 aromatic rings. The van der Waals surface area contributed by atoms with Crippen molar-refractivity contribution in [1.29, 1.82) is 0 Å². The van der Waals surface area contributed by atoms with Gasteiger partial charge in [-0.2, -0.15) is 16.1 Å². The standard InChI is InChI=1S/C16H22F2N2O2S2/c17-13-2-3-16(15(18)12-13)24(21,22)20-7-1-6-19(8-9-20)14-4-10-23-11-5-14/h2-3,12,14H,1,4-11H2. The molecule has 2 aliphatic heterocycles. The molecule has 2 fully saturated rings. The molecule has 4 nitrogen and oxygen atoms in total. The van der Waals surface area contributed by atoms with E-state index in [9.17, 15) is 17.2 Å². The Balaban J connectivity index is 1.72. The number of nitrogens with zero attached hydrogens (tertiary/aromatic N) is 2. The van der Waals surface area contributed by atoms with Crippen LogP contribution in [0.3, 0.4) is 0 Å². The van der Waals surface area contributed by atoms with E-state index >= 15 is 0 Å². The van der Waals surface area contributed by atoms with Crippen LogP contribution < -0.4 is 0 Å². The van der Waals surface area contributed by atoms with Gasteiger partial charge in [0, 0.05) is 31.7 Å². The second kappa shape index (κ2) is 7.68. The predicted octanol–water partition coefficient (Wildman–Crippen LogP) is 2.56. The zero-order valence-electron chi connectivity index (χ0n) is 13.5. The van der Waals surface area contributed by atoms with Crippen molar-refractivity contribution >= 4 is 21.8 Å². The van der Waals surface area contributed by atoms with E-state index in [0.29, 0.717) is 31.7 Å². The van der Waals surface area contributed by atoms with E-state index < -0.39 is 26.6 Å². The Hall–Kier alpha value is -0.700. The number of halogens is 2. The molecule has 0 bridgehead atoms. The maximum absolute atomic E-state index is 13.9. The molecule has 0 atom stereocenters. The van der Waals surface area contributed by atoms with E-state index in [4.69, 9.17) is 0 Å². The van der Waals surface area contributed by atoms with E-state index in [2.05, 4.69) is 4.90 Å². The molecule has 0 spiro atoms. The molecule has 0 aromatic heterocycles. The second-order valence-electron chi connectivity index (χ2n) is 6.21. The third-order valence-corrected chi connectivity index (χ3v) is 7.69. The first-order valence-electron chi connectivity index (χ1n) is 8.25. The molecule has 3 rings (SSSR count). The van der Waals surface area contributed by atoms with Crippen molar-refractivity contribution < 1.29 is 17.2 Å². The molecule has 1 aromatic carbocycles. The number of rotatable bonds is 3. The Morgan fingerprint density at radius 2 is 1.79 bits per heavy atom. The fraction of sp³-hybridized carbons (Fsp3) is 0.625. The molecule has 2 saturated heterocycles. The SMILES string of the molecule is O=S(=O)(c1ccc(F)cc1F)N1CCCN(C2CCSCC2)CC1. The number of hydrogen-bond acceptors (Lipinski definition) is 4. The second-order valence-corrected chi connectivity index (χ2v) is 9.34. The van der Waals surface area contributed by atoms with E-state index in [1.165, 1.54) is 4.31 Å². The average Bonchev–Trinajstić information content (AvgIpc) is 2.82. The van der Waals surface area contributed by atoms with E-state index in [1.54, 1.807) is 0 Å². The summed E-state index contributed by atoms with van der Waals surface area (Å²) >= 11 is 1.97. The van der Waals surface area contributed by atoms with Crippen molar-refractivity contribution in [1.82, 2.24) is 9.21 Å². The molecule has 2 heterocycles. The van der Waals surface area contributed by atoms with Crippen molar-refractivity contribution in [2.45, 2.75) is 30.2 Å². The van der Waals surface area contributed by atoms with Crippen molar-refractivity contribution in [2.75, 3.05) is 37.7 Å². The van der Waals surface area contributed by atoms with Gasteiger partial charge >= 0.3 is 0 Å². The van der Waals surface area contributed by atoms with Gasteiger partial charge in [0.25, 0.3) is 0 Å². The lowest BCUT2D eigenvalue weighted by molar-refractivity contribution is 0.195. The van der Waals surface area contributed by atoms with Gasteiger partial charge in [-0.1, -0.05) is 0 Å². The first-order valence-corrected chi connectivity index (χ1v) is 10.8. The fourth-order valence-corrected chi connectivity index (χ4v) is 5.99. The molecule has 134 valence electrons. The first kappa shape index (κ1) is 18.1. The van der Waals surface area contributed by atoms with Crippen molar-refractivity contribution in [3.8, 4) is 0 Å². The minimum Gasteiger partial charge on any atom is -0.299 e. The molecule has 24 heavy (non-hydrogen) atoms. The maximum atomic E-state index is 13.9. The third kappa shape index (κ3) is 3.92. The summed E-state index contributed by atoms with van der Waals surface area (Å²) in [5.41, 5.74) is 0. The quantitative estimate of drug-likeness (QED) is 0.813. The van der Waals surface area contributed by atoms with Crippen molar-refractivity contribution in [3.05, 3.63) is 29.8 Å². The van der Waals surface area contributed by atoms with Crippen LogP contribution in [-0.2, 0) is 10.0 Å². The summed E-state index contributed by atoms with van der Waals surface area (Å²) in [5, 5.41) is 0. The number of sulfonamides is 1. The predicted molar refractivity (Wildman–Crippen MR) is 91.7 cm³/mol. The minimum absolute atomic E-state index is 0.350. The van der Waals surface area contributed by atoms with Gasteiger partial charge in [0.1, 0.15) is 16.5 Å². The molecule has 0 N–H and O–H groups in total. The zero-order valence-corrected chi connectivity index (χ0v) is 15.1. The highest BCUT2D eigenvalue weighted by molar-refractivity contribution is 7.99. The lowest BCUT2D eigenvalue weighted by Crippen LogP contribution is -2.41. The maximum Gasteiger partial charge on any atom is 0.246 e. The monoisotopic (exact) mass is 376 g/mol. The van der Waals surface area contributed by atoms with Crippen LogP contribution in [-0.4, -0.2) is 61.3 Å². The van der Waals surface area contributed by atoms with Gasteiger partial charge in [0.05, 0.1) is 0 Å². The summed E-state index contributed by atoms with van der Waals surface area (Å²) in [6, 6.07) is 3.15. The minimum atomic E-state index is -3.93. The lowest BCUT2D eigenvalue weighted by Gasteiger charge is -2.33. The van der Waals surface area contributed by atoms with E-state index in [0.717, 1.165) is 49.4 Å². The fourth-order valence-electron chi connectivity index (χ4n) is 3.39. The summed E-state index contributed by atoms with van der Waals surface area (Å²) in [4.78, 5) is 1.93. The Morgan fingerprint density at radius 3 is 2.50 bits per heavy atom. The number of hydrogen-bond donors (Lipinski definition) is 0. The van der Waals surface area contributed by atoms with Crippen molar-refractivity contribution in [2.24, 2.45) is 0 Å². The summed E-state index contributed by atoms with van der Waals surface area (Å²) < 4.78 is 53.7. The highest BCUT2D eigenvalue weighted by Gasteiger charge is 2.31. The normalized spacial score (nSPS) is 22.4. The van der Waals surface area contributed by atoms with Gasteiger partial charge < -0.3 is 0 Å². The van der Waals surface area contributed by atoms with Gasteiger partial charge in [0.2, 0.25) is 10.0 Å². The van der Waals surface area contributed by atoms with Gasteiger partial charge in [-0.05, 0) is 49.4 Å². The van der Waals surface area contributed by atoms with Crippen LogP contribution in [0, 0.1) is 11.6 Å². The van der Waals surface area contributed by atoms with E-state index in [1.807, 2.05) is 11.8 Å². The zero-order chi connectivity index (χ0) is 17.2. The molecule has 0 saturated carbocycles. The molecular formula is C16H22F2N2O2S2. The lowest BCUT2D eigenvalue weighted by atomic mass is 10.1. The number of thioether (sulfide) groups is 1. The molecule has 0 unspecified atom stereocenters. The van der Waals surface area contributed by atoms with Crippen LogP contribution >= 0.6 is 11.8 Å². The van der Waals surface area contributed by atoms with Gasteiger partial charge in [0.15, 0.2) is 0 Å². The summed E-state index contributed by atoms with van der Waals surface area (Å²) in [6.45, 7) is 2.25. The van der Waals surface area contributed by atoms with E-state index in [-0.39, 0.29) is 0 Å². The van der Waals surface area contributed by atoms with Crippen LogP contribution in [0.4, 0.5) is 8.78 Å². The molecular weight excluding hydrogens is 354 g/mol. The van der Waals surface area contributed by atoms with Crippen LogP contribution in [0.25, 0.3) is 0 Å². The summed E-state index contributed by atoms with van der Waals surface area (Å²) in [6.07, 6.45) is 3.01. The van der Waals surface area contributed by atoms with Crippen LogP contribution in [0.5, 0.6) is 0 Å². The Morgan fingerprint density at radius 1 is 1.04 bits per heavy atom. The largest absolute Gasteiger partial charge is 0.299 e. The van der Waals surface area contributed by atoms with Crippen LogP contribution in [0.1, 0.15) is 19.3 Å². The molecule has 0 radical (unpaired) electrons. The van der Waals surface area contributed by atoms with Crippen molar-refractivity contribution in [3.63, 3.8) is 0 Å². The van der Waals surface area contributed by atoms with Crippen LogP contribution in [0.2, 0.25) is 0 Å². The van der Waals surface area contributed by atoms with Crippen LogP contribution in [0.15, 0.2) is 23.1 Å². The van der Waals surface area contributed by atoms with Gasteiger partial charge in [-0.15, -0.1) is 0 Å². The Labute approximate surface area is 146 Å². The molecule has 2 aliphatic rings. The number of benzene rings is 1. The first-order chi connectivity index (χ1) is 11.5. The highest BCUT2D eigenvalue weighted by atomic mass is 32.2. The third-order valence-electron chi connectivity index (χ3n) is 4.71. The van der Waals surface area contributed by atoms with Gasteiger partial charge in [-0.25, -0.2) is 17.2 Å². The Bertz CT molecular complexity index is 679. The molecule has 0 amide bonds. The summed E-state index contributed by atoms with van der Waals surface area (Å²) in [7, 11) is -3.93. The summed E-state index contributed by atoms with van der Waals surface area (Å²) in [5.74, 6) is 0.512. The highest BCUT2D eigenvalue weighted by Crippen LogP contribution is 2.25. The van der Waals surface area contributed by atoms with Gasteiger partial charge in [-0.3, -0.25) is 4.90 Å². The topological polar surface area (TPSA) is 40.6 Å². The Kier molecular flexibility index (Phi) is 5.79. The smallest absolute Gasteiger partial charge is 0.246 e. The average molecular weight is 376 g/mol.